The molecule has 0 aliphatic carbocycles. The molecule has 0 heterocycles. The zero-order chi connectivity index (χ0) is 15.9. The Morgan fingerprint density at radius 3 is 2.64 bits per heavy atom. The predicted molar refractivity (Wildman–Crippen MR) is 85.0 cm³/mol. The monoisotopic (exact) mass is 312 g/mol. The van der Waals surface area contributed by atoms with Gasteiger partial charge in [0.15, 0.2) is 0 Å². The summed E-state index contributed by atoms with van der Waals surface area (Å²) < 4.78 is 0. The summed E-state index contributed by atoms with van der Waals surface area (Å²) >= 11 is 5.87. The normalized spacial score (nSPS) is 10.8. The standard InChI is InChI=1S/C17H13ClN2O2/c18-15-3-1-2-13(9-15)11-20-17(22)14(10-19)8-12-4-6-16(21)7-5-12/h1-9,21H,11H2,(H,20,22). The lowest BCUT2D eigenvalue weighted by atomic mass is 10.1. The molecule has 2 rings (SSSR count). The average molecular weight is 313 g/mol. The molecule has 0 fully saturated rings. The second-order valence-electron chi connectivity index (χ2n) is 4.57. The molecular weight excluding hydrogens is 300 g/mol. The van der Waals surface area contributed by atoms with E-state index in [4.69, 9.17) is 16.9 Å². The van der Waals surface area contributed by atoms with E-state index in [0.717, 1.165) is 5.56 Å². The van der Waals surface area contributed by atoms with Gasteiger partial charge < -0.3 is 10.4 Å². The number of carbonyl (C=O) groups excluding carboxylic acids is 1. The van der Waals surface area contributed by atoms with Gasteiger partial charge in [-0.1, -0.05) is 35.9 Å². The minimum atomic E-state index is -0.462. The van der Waals surface area contributed by atoms with Crippen LogP contribution in [-0.4, -0.2) is 11.0 Å². The molecule has 5 heteroatoms. The van der Waals surface area contributed by atoms with Crippen molar-refractivity contribution in [1.82, 2.24) is 5.32 Å². The van der Waals surface area contributed by atoms with Crippen molar-refractivity contribution in [2.24, 2.45) is 0 Å². The third-order valence-electron chi connectivity index (χ3n) is 2.91. The molecule has 0 aromatic heterocycles. The van der Waals surface area contributed by atoms with E-state index in [2.05, 4.69) is 5.32 Å². The van der Waals surface area contributed by atoms with Gasteiger partial charge in [-0.05, 0) is 41.5 Å². The molecule has 22 heavy (non-hydrogen) atoms. The Morgan fingerprint density at radius 2 is 2.00 bits per heavy atom. The zero-order valence-corrected chi connectivity index (χ0v) is 12.3. The molecule has 2 aromatic rings. The molecule has 2 aromatic carbocycles. The SMILES string of the molecule is N#CC(=Cc1ccc(O)cc1)C(=O)NCc1cccc(Cl)c1. The summed E-state index contributed by atoms with van der Waals surface area (Å²) in [6, 6.07) is 15.2. The second kappa shape index (κ2) is 7.30. The van der Waals surface area contributed by atoms with Crippen molar-refractivity contribution in [2.45, 2.75) is 6.54 Å². The van der Waals surface area contributed by atoms with Crippen molar-refractivity contribution in [3.05, 3.63) is 70.3 Å². The van der Waals surface area contributed by atoms with E-state index in [-0.39, 0.29) is 17.9 Å². The Morgan fingerprint density at radius 1 is 1.27 bits per heavy atom. The summed E-state index contributed by atoms with van der Waals surface area (Å²) in [5.74, 6) is -0.336. The number of amides is 1. The summed E-state index contributed by atoms with van der Waals surface area (Å²) in [6.45, 7) is 0.286. The van der Waals surface area contributed by atoms with E-state index in [9.17, 15) is 9.90 Å². The van der Waals surface area contributed by atoms with Crippen molar-refractivity contribution in [2.75, 3.05) is 0 Å². The lowest BCUT2D eigenvalue weighted by Crippen LogP contribution is -2.23. The third-order valence-corrected chi connectivity index (χ3v) is 3.15. The highest BCUT2D eigenvalue weighted by atomic mass is 35.5. The topological polar surface area (TPSA) is 73.1 Å². The van der Waals surface area contributed by atoms with Gasteiger partial charge in [-0.2, -0.15) is 5.26 Å². The third kappa shape index (κ3) is 4.37. The van der Waals surface area contributed by atoms with Crippen LogP contribution in [0.5, 0.6) is 5.75 Å². The molecular formula is C17H13ClN2O2. The Hall–Kier alpha value is -2.77. The molecule has 110 valence electrons. The van der Waals surface area contributed by atoms with Crippen LogP contribution in [0.4, 0.5) is 0 Å². The van der Waals surface area contributed by atoms with Crippen molar-refractivity contribution >= 4 is 23.6 Å². The van der Waals surface area contributed by atoms with Crippen LogP contribution in [0.3, 0.4) is 0 Å². The molecule has 0 aliphatic rings. The van der Waals surface area contributed by atoms with Crippen LogP contribution < -0.4 is 5.32 Å². The number of phenols is 1. The molecule has 4 nitrogen and oxygen atoms in total. The van der Waals surface area contributed by atoms with Gasteiger partial charge in [-0.25, -0.2) is 0 Å². The summed E-state index contributed by atoms with van der Waals surface area (Å²) in [4.78, 5) is 12.0. The Bertz CT molecular complexity index is 746. The summed E-state index contributed by atoms with van der Waals surface area (Å²) in [6.07, 6.45) is 1.47. The van der Waals surface area contributed by atoms with Gasteiger partial charge in [0.2, 0.25) is 0 Å². The molecule has 0 saturated heterocycles. The molecule has 1 amide bonds. The van der Waals surface area contributed by atoms with Gasteiger partial charge in [0.25, 0.3) is 5.91 Å². The molecule has 0 unspecified atom stereocenters. The lowest BCUT2D eigenvalue weighted by molar-refractivity contribution is -0.117. The van der Waals surface area contributed by atoms with Gasteiger partial charge in [-0.15, -0.1) is 0 Å². The summed E-state index contributed by atoms with van der Waals surface area (Å²) in [5.41, 5.74) is 1.50. The number of phenolic OH excluding ortho intramolecular Hbond substituents is 1. The van der Waals surface area contributed by atoms with E-state index in [1.54, 1.807) is 30.3 Å². The van der Waals surface area contributed by atoms with E-state index >= 15 is 0 Å². The number of aromatic hydroxyl groups is 1. The predicted octanol–water partition coefficient (Wildman–Crippen LogP) is 3.27. The number of carbonyl (C=O) groups is 1. The fraction of sp³-hybridized carbons (Fsp3) is 0.0588. The maximum atomic E-state index is 12.0. The van der Waals surface area contributed by atoms with Crippen LogP contribution in [0.15, 0.2) is 54.1 Å². The highest BCUT2D eigenvalue weighted by molar-refractivity contribution is 6.30. The van der Waals surface area contributed by atoms with Crippen LogP contribution >= 0.6 is 11.6 Å². The van der Waals surface area contributed by atoms with Gasteiger partial charge in [0, 0.05) is 11.6 Å². The number of nitriles is 1. The van der Waals surface area contributed by atoms with Crippen molar-refractivity contribution in [3.63, 3.8) is 0 Å². The zero-order valence-electron chi connectivity index (χ0n) is 11.6. The number of halogens is 1. The Balaban J connectivity index is 2.06. The van der Waals surface area contributed by atoms with E-state index in [1.807, 2.05) is 12.1 Å². The first-order chi connectivity index (χ1) is 10.6. The van der Waals surface area contributed by atoms with Crippen LogP contribution in [0.2, 0.25) is 5.02 Å². The molecule has 0 atom stereocenters. The lowest BCUT2D eigenvalue weighted by Gasteiger charge is -2.05. The van der Waals surface area contributed by atoms with Crippen LogP contribution in [0.1, 0.15) is 11.1 Å². The maximum absolute atomic E-state index is 12.0. The van der Waals surface area contributed by atoms with Crippen molar-refractivity contribution in [3.8, 4) is 11.8 Å². The first kappa shape index (κ1) is 15.6. The maximum Gasteiger partial charge on any atom is 0.262 e. The van der Waals surface area contributed by atoms with Gasteiger partial charge >= 0.3 is 0 Å². The highest BCUT2D eigenvalue weighted by Gasteiger charge is 2.08. The number of nitrogens with zero attached hydrogens (tertiary/aromatic N) is 1. The first-order valence-electron chi connectivity index (χ1n) is 6.52. The van der Waals surface area contributed by atoms with Crippen LogP contribution in [-0.2, 0) is 11.3 Å². The highest BCUT2D eigenvalue weighted by Crippen LogP contribution is 2.13. The Labute approximate surface area is 133 Å². The van der Waals surface area contributed by atoms with Crippen LogP contribution in [0.25, 0.3) is 6.08 Å². The minimum Gasteiger partial charge on any atom is -0.508 e. The quantitative estimate of drug-likeness (QED) is 0.672. The minimum absolute atomic E-state index is 0.00674. The van der Waals surface area contributed by atoms with Crippen molar-refractivity contribution < 1.29 is 9.90 Å². The number of rotatable bonds is 4. The summed E-state index contributed by atoms with van der Waals surface area (Å²) in [7, 11) is 0. The van der Waals surface area contributed by atoms with E-state index in [1.165, 1.54) is 18.2 Å². The van der Waals surface area contributed by atoms with E-state index < -0.39 is 5.91 Å². The van der Waals surface area contributed by atoms with Gasteiger partial charge in [0.1, 0.15) is 17.4 Å². The molecule has 0 radical (unpaired) electrons. The van der Waals surface area contributed by atoms with Crippen LogP contribution in [0, 0.1) is 11.3 Å². The number of nitrogens with one attached hydrogen (secondary N) is 1. The number of hydrogen-bond donors (Lipinski definition) is 2. The smallest absolute Gasteiger partial charge is 0.262 e. The average Bonchev–Trinajstić information content (AvgIpc) is 2.52. The van der Waals surface area contributed by atoms with Gasteiger partial charge in [-0.3, -0.25) is 4.79 Å². The first-order valence-corrected chi connectivity index (χ1v) is 6.90. The Kier molecular flexibility index (Phi) is 5.18. The molecule has 2 N–H and O–H groups in total. The fourth-order valence-corrected chi connectivity index (χ4v) is 2.02. The molecule has 0 bridgehead atoms. The molecule has 0 aliphatic heterocycles. The largest absolute Gasteiger partial charge is 0.508 e. The summed E-state index contributed by atoms with van der Waals surface area (Å²) in [5, 5.41) is 21.6. The molecule has 0 saturated carbocycles. The van der Waals surface area contributed by atoms with E-state index in [0.29, 0.717) is 10.6 Å². The fourth-order valence-electron chi connectivity index (χ4n) is 1.81. The van der Waals surface area contributed by atoms with Gasteiger partial charge in [0.05, 0.1) is 0 Å². The van der Waals surface area contributed by atoms with Crippen molar-refractivity contribution in [1.29, 1.82) is 5.26 Å². The number of hydrogen-bond acceptors (Lipinski definition) is 3. The molecule has 0 spiro atoms. The number of benzene rings is 2. The second-order valence-corrected chi connectivity index (χ2v) is 5.01.